The molecule has 0 aliphatic carbocycles. The van der Waals surface area contributed by atoms with Gasteiger partial charge in [-0.2, -0.15) is 0 Å². The van der Waals surface area contributed by atoms with Crippen LogP contribution in [0.15, 0.2) is 30.5 Å². The summed E-state index contributed by atoms with van der Waals surface area (Å²) in [5.74, 6) is -1.88. The number of thiol groups is 1. The average molecular weight is 460 g/mol. The minimum atomic E-state index is -4.93. The maximum Gasteiger partial charge on any atom is 0.573 e. The number of hydrogen-bond acceptors (Lipinski definition) is 5. The Hall–Kier alpha value is -2.24. The smallest absolute Gasteiger partial charge is 0.406 e. The zero-order valence-electron chi connectivity index (χ0n) is 13.8. The molecule has 0 saturated carbocycles. The number of nitrogens with one attached hydrogen (secondary N) is 1. The number of ether oxygens (including phenoxy) is 1. The van der Waals surface area contributed by atoms with Gasteiger partial charge in [-0.15, -0.1) is 25.6 Å². The molecule has 1 aromatic carbocycles. The van der Waals surface area contributed by atoms with Crippen LogP contribution in [0, 0.1) is 5.41 Å². The van der Waals surface area contributed by atoms with Crippen LogP contribution in [0.5, 0.6) is 5.75 Å². The molecule has 0 aliphatic rings. The molecule has 3 N–H and O–H groups in total. The minimum absolute atomic E-state index is 0. The molecule has 0 unspecified atom stereocenters. The maximum atomic E-state index is 12.4. The van der Waals surface area contributed by atoms with E-state index in [1.165, 1.54) is 18.3 Å². The third-order valence-corrected chi connectivity index (χ3v) is 4.23. The third kappa shape index (κ3) is 6.43. The zero-order chi connectivity index (χ0) is 20.4. The number of benzene rings is 1. The van der Waals surface area contributed by atoms with Crippen LogP contribution < -0.4 is 16.0 Å². The summed E-state index contributed by atoms with van der Waals surface area (Å²) in [7, 11) is -2.85. The number of primary amides is 1. The van der Waals surface area contributed by atoms with Crippen molar-refractivity contribution in [3.8, 4) is 5.75 Å². The first-order valence-corrected chi connectivity index (χ1v) is 8.94. The van der Waals surface area contributed by atoms with E-state index in [1.807, 2.05) is 0 Å². The summed E-state index contributed by atoms with van der Waals surface area (Å²) in [6, 6.07) is 4.37. The van der Waals surface area contributed by atoms with E-state index >= 15 is 0 Å². The lowest BCUT2D eigenvalue weighted by molar-refractivity contribution is -0.274. The van der Waals surface area contributed by atoms with Crippen LogP contribution in [0.1, 0.15) is 21.5 Å². The van der Waals surface area contributed by atoms with Crippen molar-refractivity contribution in [3.63, 3.8) is 0 Å². The Balaban J connectivity index is 0.00000392. The van der Waals surface area contributed by atoms with Crippen LogP contribution in [0.2, 0.25) is 5.02 Å². The van der Waals surface area contributed by atoms with Crippen LogP contribution in [0.25, 0.3) is 0 Å². The van der Waals surface area contributed by atoms with Gasteiger partial charge in [-0.1, -0.05) is 17.7 Å². The Labute approximate surface area is 169 Å². The highest BCUT2D eigenvalue weighted by atomic mass is 35.5. The van der Waals surface area contributed by atoms with E-state index in [0.717, 1.165) is 16.7 Å². The lowest BCUT2D eigenvalue weighted by Gasteiger charge is -2.15. The molecule has 0 radical (unpaired) electrons. The SMILES string of the molecule is Cl.N=c1c(C(N)=O)cc(Cl)cn1Cc1cc(OC(F)(F)F)ccc1C[SH](=O)=O. The molecule has 0 saturated heterocycles. The van der Waals surface area contributed by atoms with Gasteiger partial charge >= 0.3 is 6.36 Å². The monoisotopic (exact) mass is 459 g/mol. The molecule has 0 spiro atoms. The van der Waals surface area contributed by atoms with E-state index in [-0.39, 0.29) is 46.2 Å². The number of carbonyl (C=O) groups is 1. The van der Waals surface area contributed by atoms with Gasteiger partial charge in [0, 0.05) is 12.7 Å². The van der Waals surface area contributed by atoms with Crippen molar-refractivity contribution in [1.82, 2.24) is 4.57 Å². The van der Waals surface area contributed by atoms with E-state index in [2.05, 4.69) is 4.74 Å². The molecule has 2 aromatic rings. The molecule has 13 heteroatoms. The summed E-state index contributed by atoms with van der Waals surface area (Å²) >= 11 is 5.89. The van der Waals surface area contributed by atoms with Crippen molar-refractivity contribution in [3.05, 3.63) is 57.7 Å². The van der Waals surface area contributed by atoms with Crippen LogP contribution in [-0.4, -0.2) is 25.3 Å². The van der Waals surface area contributed by atoms with Gasteiger partial charge in [0.1, 0.15) is 21.9 Å². The van der Waals surface area contributed by atoms with Gasteiger partial charge in [-0.25, -0.2) is 8.42 Å². The Morgan fingerprint density at radius 3 is 2.43 bits per heavy atom. The lowest BCUT2D eigenvalue weighted by atomic mass is 10.1. The Morgan fingerprint density at radius 2 is 1.89 bits per heavy atom. The summed E-state index contributed by atoms with van der Waals surface area (Å²) in [6.07, 6.45) is -3.65. The van der Waals surface area contributed by atoms with Gasteiger partial charge < -0.3 is 15.0 Å². The second kappa shape index (κ2) is 9.30. The van der Waals surface area contributed by atoms with Crippen molar-refractivity contribution in [2.75, 3.05) is 0 Å². The molecule has 0 aliphatic heterocycles. The fraction of sp³-hybridized carbons (Fsp3) is 0.200. The summed E-state index contributed by atoms with van der Waals surface area (Å²) in [4.78, 5) is 11.4. The molecular formula is C15H14Cl2F3N3O4S. The first kappa shape index (κ1) is 23.8. The van der Waals surface area contributed by atoms with Gasteiger partial charge in [-0.05, 0) is 29.3 Å². The molecular weight excluding hydrogens is 446 g/mol. The highest BCUT2D eigenvalue weighted by Gasteiger charge is 2.31. The zero-order valence-corrected chi connectivity index (χ0v) is 16.3. The first-order valence-electron chi connectivity index (χ1n) is 7.20. The van der Waals surface area contributed by atoms with E-state index < -0.39 is 34.5 Å². The summed E-state index contributed by atoms with van der Waals surface area (Å²) in [6.45, 7) is -0.229. The highest BCUT2D eigenvalue weighted by Crippen LogP contribution is 2.26. The number of carbonyl (C=O) groups excluding carboxylic acids is 1. The molecule has 1 aromatic heterocycles. The van der Waals surface area contributed by atoms with Crippen LogP contribution in [0.4, 0.5) is 13.2 Å². The van der Waals surface area contributed by atoms with Crippen LogP contribution >= 0.6 is 24.0 Å². The standard InChI is InChI=1S/C15H13ClF3N3O4S.ClH/c16-10-4-12(14(21)23)13(20)22(6-10)5-9-3-11(26-15(17,18)19)2-1-8(9)7-27(24)25;/h1-4,6,20,27H,5,7H2,(H2,21,23);1H. The largest absolute Gasteiger partial charge is 0.573 e. The topological polar surface area (TPSA) is 115 Å². The lowest BCUT2D eigenvalue weighted by Crippen LogP contribution is -2.30. The average Bonchev–Trinajstić information content (AvgIpc) is 2.50. The van der Waals surface area contributed by atoms with Gasteiger partial charge in [-0.3, -0.25) is 10.2 Å². The Bertz CT molecular complexity index is 1010. The number of nitrogens with zero attached hydrogens (tertiary/aromatic N) is 1. The predicted molar refractivity (Wildman–Crippen MR) is 97.3 cm³/mol. The van der Waals surface area contributed by atoms with Crippen molar-refractivity contribution in [2.24, 2.45) is 5.73 Å². The number of rotatable bonds is 6. The van der Waals surface area contributed by atoms with E-state index in [4.69, 9.17) is 22.7 Å². The normalized spacial score (nSPS) is 11.2. The number of halogens is 5. The van der Waals surface area contributed by atoms with Crippen molar-refractivity contribution >= 4 is 40.6 Å². The van der Waals surface area contributed by atoms with Gasteiger partial charge in [0.2, 0.25) is 0 Å². The Morgan fingerprint density at radius 1 is 1.25 bits per heavy atom. The molecule has 0 fully saturated rings. The van der Waals surface area contributed by atoms with E-state index in [9.17, 15) is 26.4 Å². The molecule has 0 atom stereocenters. The second-order valence-electron chi connectivity index (χ2n) is 5.38. The van der Waals surface area contributed by atoms with Crippen molar-refractivity contribution in [2.45, 2.75) is 18.7 Å². The summed E-state index contributed by atoms with van der Waals surface area (Å²) < 4.78 is 64.5. The first-order chi connectivity index (χ1) is 12.5. The van der Waals surface area contributed by atoms with Gasteiger partial charge in [0.25, 0.3) is 5.91 Å². The number of aromatic nitrogens is 1. The number of amides is 1. The highest BCUT2D eigenvalue weighted by molar-refractivity contribution is 7.71. The fourth-order valence-corrected chi connectivity index (χ4v) is 3.16. The quantitative estimate of drug-likeness (QED) is 0.574. The molecule has 7 nitrogen and oxygen atoms in total. The van der Waals surface area contributed by atoms with Crippen LogP contribution in [-0.2, 0) is 23.0 Å². The summed E-state index contributed by atoms with van der Waals surface area (Å²) in [5.41, 5.74) is 5.02. The maximum absolute atomic E-state index is 12.4. The molecule has 154 valence electrons. The number of hydrogen-bond donors (Lipinski definition) is 3. The summed E-state index contributed by atoms with van der Waals surface area (Å²) in [5, 5.41) is 8.07. The number of nitrogens with two attached hydrogens (primary N) is 1. The van der Waals surface area contributed by atoms with Crippen LogP contribution in [0.3, 0.4) is 0 Å². The molecule has 28 heavy (non-hydrogen) atoms. The molecule has 2 rings (SSSR count). The van der Waals surface area contributed by atoms with Gasteiger partial charge in [0.05, 0.1) is 16.3 Å². The number of pyridine rings is 1. The molecule has 0 bridgehead atoms. The number of alkyl halides is 3. The van der Waals surface area contributed by atoms with E-state index in [1.54, 1.807) is 0 Å². The van der Waals surface area contributed by atoms with E-state index in [0.29, 0.717) is 0 Å². The second-order valence-corrected chi connectivity index (χ2v) is 6.80. The molecule has 1 amide bonds. The third-order valence-electron chi connectivity index (χ3n) is 3.42. The van der Waals surface area contributed by atoms with Crippen molar-refractivity contribution < 1.29 is 31.1 Å². The van der Waals surface area contributed by atoms with Gasteiger partial charge in [0.15, 0.2) is 0 Å². The van der Waals surface area contributed by atoms with Crippen molar-refractivity contribution in [1.29, 1.82) is 5.41 Å². The Kier molecular flexibility index (Phi) is 7.91. The fourth-order valence-electron chi connectivity index (χ4n) is 2.35. The predicted octanol–water partition coefficient (Wildman–Crippen LogP) is 2.20. The molecule has 1 heterocycles. The minimum Gasteiger partial charge on any atom is -0.406 e.